The Labute approximate surface area is 167 Å². The van der Waals surface area contributed by atoms with Gasteiger partial charge in [-0.2, -0.15) is 0 Å². The summed E-state index contributed by atoms with van der Waals surface area (Å²) in [4.78, 5) is 36.2. The van der Waals surface area contributed by atoms with Crippen LogP contribution in [0.5, 0.6) is 0 Å². The first kappa shape index (κ1) is 19.4. The van der Waals surface area contributed by atoms with Crippen molar-refractivity contribution >= 4 is 17.5 Å². The standard InChI is InChI=1S/C24H30O4/c1-4-22(27)28-14-21(26)20-8-7-18-17-6-5-15-13-16(25)9-11-23(15,2)19(17)10-12-24(18,20)3/h8,10,13,17-18H,4-7,9,11-12,14H2,1-3H3/t17-,18-,23-,24-/m0/s1. The van der Waals surface area contributed by atoms with Crippen molar-refractivity contribution in [2.75, 3.05) is 6.61 Å². The van der Waals surface area contributed by atoms with E-state index in [1.54, 1.807) is 6.92 Å². The van der Waals surface area contributed by atoms with Gasteiger partial charge < -0.3 is 4.74 Å². The van der Waals surface area contributed by atoms with E-state index < -0.39 is 0 Å². The van der Waals surface area contributed by atoms with Crippen LogP contribution >= 0.6 is 0 Å². The molecule has 0 aromatic carbocycles. The Morgan fingerprint density at radius 1 is 1.21 bits per heavy atom. The molecule has 4 aliphatic rings. The number of fused-ring (bicyclic) bond motifs is 5. The van der Waals surface area contributed by atoms with Crippen molar-refractivity contribution in [2.24, 2.45) is 22.7 Å². The van der Waals surface area contributed by atoms with Crippen LogP contribution < -0.4 is 0 Å². The number of Topliss-reactive ketones (excluding diaryl/α,β-unsaturated/α-hetero) is 1. The van der Waals surface area contributed by atoms with Crippen molar-refractivity contribution in [3.63, 3.8) is 0 Å². The number of carbonyl (C=O) groups excluding carboxylic acids is 3. The lowest BCUT2D eigenvalue weighted by Crippen LogP contribution is -2.44. The number of carbonyl (C=O) groups is 3. The molecule has 4 nitrogen and oxygen atoms in total. The quantitative estimate of drug-likeness (QED) is 0.531. The minimum Gasteiger partial charge on any atom is -0.457 e. The van der Waals surface area contributed by atoms with Crippen LogP contribution in [0.4, 0.5) is 0 Å². The third-order valence-corrected chi connectivity index (χ3v) is 7.87. The highest BCUT2D eigenvalue weighted by Crippen LogP contribution is 2.63. The number of rotatable bonds is 4. The minimum absolute atomic E-state index is 0.0155. The predicted molar refractivity (Wildman–Crippen MR) is 106 cm³/mol. The van der Waals surface area contributed by atoms with Gasteiger partial charge in [0.15, 0.2) is 18.2 Å². The number of allylic oxidation sites excluding steroid dienone is 5. The number of hydrogen-bond donors (Lipinski definition) is 0. The van der Waals surface area contributed by atoms with E-state index in [0.717, 1.165) is 37.7 Å². The van der Waals surface area contributed by atoms with Gasteiger partial charge in [0.25, 0.3) is 0 Å². The monoisotopic (exact) mass is 382 g/mol. The molecule has 0 aromatic rings. The number of ketones is 2. The highest BCUT2D eigenvalue weighted by molar-refractivity contribution is 5.99. The first-order valence-electron chi connectivity index (χ1n) is 10.6. The van der Waals surface area contributed by atoms with E-state index in [1.807, 2.05) is 6.08 Å². The first-order valence-corrected chi connectivity index (χ1v) is 10.6. The summed E-state index contributed by atoms with van der Waals surface area (Å²) in [6.07, 6.45) is 12.0. The van der Waals surface area contributed by atoms with Crippen LogP contribution in [0.2, 0.25) is 0 Å². The lowest BCUT2D eigenvalue weighted by molar-refractivity contribution is -0.147. The highest BCUT2D eigenvalue weighted by atomic mass is 16.5. The fraction of sp³-hybridized carbons (Fsp3) is 0.625. The molecule has 0 saturated heterocycles. The molecule has 0 aliphatic heterocycles. The zero-order valence-electron chi connectivity index (χ0n) is 17.2. The van der Waals surface area contributed by atoms with Crippen LogP contribution in [-0.2, 0) is 19.1 Å². The summed E-state index contributed by atoms with van der Waals surface area (Å²) in [6.45, 7) is 6.11. The average molecular weight is 383 g/mol. The van der Waals surface area contributed by atoms with E-state index in [0.29, 0.717) is 18.3 Å². The number of esters is 1. The molecular weight excluding hydrogens is 352 g/mol. The summed E-state index contributed by atoms with van der Waals surface area (Å²) < 4.78 is 5.11. The molecule has 1 saturated carbocycles. The van der Waals surface area contributed by atoms with Crippen LogP contribution in [0, 0.1) is 22.7 Å². The lowest BCUT2D eigenvalue weighted by Gasteiger charge is -2.53. The highest BCUT2D eigenvalue weighted by Gasteiger charge is 2.54. The summed E-state index contributed by atoms with van der Waals surface area (Å²) in [7, 11) is 0. The second-order valence-corrected chi connectivity index (χ2v) is 9.29. The predicted octanol–water partition coefficient (Wildman–Crippen LogP) is 4.50. The van der Waals surface area contributed by atoms with Crippen molar-refractivity contribution in [3.05, 3.63) is 34.9 Å². The van der Waals surface area contributed by atoms with Gasteiger partial charge in [-0.3, -0.25) is 14.4 Å². The van der Waals surface area contributed by atoms with Crippen molar-refractivity contribution in [1.29, 1.82) is 0 Å². The minimum atomic E-state index is -0.328. The number of ether oxygens (including phenoxy) is 1. The first-order chi connectivity index (χ1) is 13.3. The van der Waals surface area contributed by atoms with Gasteiger partial charge in [0.05, 0.1) is 0 Å². The molecule has 0 heterocycles. The third-order valence-electron chi connectivity index (χ3n) is 7.87. The Morgan fingerprint density at radius 3 is 2.75 bits per heavy atom. The van der Waals surface area contributed by atoms with Gasteiger partial charge in [-0.15, -0.1) is 0 Å². The fourth-order valence-electron chi connectivity index (χ4n) is 6.20. The molecular formula is C24H30O4. The molecule has 0 spiro atoms. The summed E-state index contributed by atoms with van der Waals surface area (Å²) in [5.41, 5.74) is 3.50. The normalized spacial score (nSPS) is 36.4. The molecule has 4 heteroatoms. The summed E-state index contributed by atoms with van der Waals surface area (Å²) >= 11 is 0. The van der Waals surface area contributed by atoms with Gasteiger partial charge >= 0.3 is 5.97 Å². The maximum Gasteiger partial charge on any atom is 0.305 e. The molecule has 0 radical (unpaired) electrons. The van der Waals surface area contributed by atoms with Crippen LogP contribution in [0.25, 0.3) is 0 Å². The van der Waals surface area contributed by atoms with Crippen LogP contribution in [0.1, 0.15) is 65.7 Å². The molecule has 4 aliphatic carbocycles. The van der Waals surface area contributed by atoms with Gasteiger partial charge in [0.2, 0.25) is 0 Å². The van der Waals surface area contributed by atoms with Gasteiger partial charge in [0, 0.05) is 29.2 Å². The molecule has 1 fully saturated rings. The van der Waals surface area contributed by atoms with Crippen LogP contribution in [-0.4, -0.2) is 24.1 Å². The van der Waals surface area contributed by atoms with E-state index in [9.17, 15) is 14.4 Å². The largest absolute Gasteiger partial charge is 0.457 e. The Balaban J connectivity index is 1.59. The van der Waals surface area contributed by atoms with E-state index in [4.69, 9.17) is 4.74 Å². The Bertz CT molecular complexity index is 830. The van der Waals surface area contributed by atoms with Crippen LogP contribution in [0.15, 0.2) is 34.9 Å². The van der Waals surface area contributed by atoms with Crippen molar-refractivity contribution < 1.29 is 19.1 Å². The molecule has 0 amide bonds. The molecule has 4 atom stereocenters. The van der Waals surface area contributed by atoms with Crippen molar-refractivity contribution in [1.82, 2.24) is 0 Å². The maximum atomic E-state index is 12.8. The van der Waals surface area contributed by atoms with E-state index in [-0.39, 0.29) is 41.4 Å². The molecule has 0 N–H and O–H groups in total. The molecule has 4 rings (SSSR count). The maximum absolute atomic E-state index is 12.8. The Hall–Kier alpha value is -1.97. The second-order valence-electron chi connectivity index (χ2n) is 9.29. The zero-order chi connectivity index (χ0) is 20.1. The van der Waals surface area contributed by atoms with Crippen LogP contribution in [0.3, 0.4) is 0 Å². The summed E-state index contributed by atoms with van der Waals surface area (Å²) in [6, 6.07) is 0. The smallest absolute Gasteiger partial charge is 0.305 e. The lowest BCUT2D eigenvalue weighted by atomic mass is 9.51. The van der Waals surface area contributed by atoms with Crippen molar-refractivity contribution in [2.45, 2.75) is 65.7 Å². The van der Waals surface area contributed by atoms with E-state index in [2.05, 4.69) is 26.0 Å². The SMILES string of the molecule is CCC(=O)OCC(=O)C1=CC[C@H]2[C@@H]3CCC4=CC(=O)CC[C@]4(C)C3=CC[C@]12C. The Kier molecular flexibility index (Phi) is 4.71. The molecule has 28 heavy (non-hydrogen) atoms. The zero-order valence-corrected chi connectivity index (χ0v) is 17.2. The topological polar surface area (TPSA) is 60.4 Å². The van der Waals surface area contributed by atoms with Gasteiger partial charge in [-0.25, -0.2) is 0 Å². The Morgan fingerprint density at radius 2 is 2.00 bits per heavy atom. The van der Waals surface area contributed by atoms with Gasteiger partial charge in [-0.1, -0.05) is 44.1 Å². The van der Waals surface area contributed by atoms with E-state index >= 15 is 0 Å². The van der Waals surface area contributed by atoms with Gasteiger partial charge in [-0.05, 0) is 50.0 Å². The molecule has 0 aromatic heterocycles. The molecule has 150 valence electrons. The molecule has 0 bridgehead atoms. The van der Waals surface area contributed by atoms with E-state index in [1.165, 1.54) is 11.1 Å². The summed E-state index contributed by atoms with van der Waals surface area (Å²) in [5.74, 6) is 0.780. The fourth-order valence-corrected chi connectivity index (χ4v) is 6.20. The second kappa shape index (κ2) is 6.82. The van der Waals surface area contributed by atoms with Gasteiger partial charge in [0.1, 0.15) is 0 Å². The summed E-state index contributed by atoms with van der Waals surface area (Å²) in [5, 5.41) is 0. The third kappa shape index (κ3) is 2.84. The average Bonchev–Trinajstić information content (AvgIpc) is 3.03. The molecule has 0 unspecified atom stereocenters. The van der Waals surface area contributed by atoms with Crippen molar-refractivity contribution in [3.8, 4) is 0 Å². The number of hydrogen-bond acceptors (Lipinski definition) is 4.